The van der Waals surface area contributed by atoms with Gasteiger partial charge in [0, 0.05) is 10.8 Å². The number of carboxylic acids is 2. The van der Waals surface area contributed by atoms with Crippen molar-refractivity contribution in [1.82, 2.24) is 0 Å². The van der Waals surface area contributed by atoms with Crippen molar-refractivity contribution in [3.05, 3.63) is 57.6 Å². The number of aliphatic carboxylic acids is 2. The minimum absolute atomic E-state index is 0.0148. The smallest absolute Gasteiger partial charge is 0.319 e. The molecule has 10 nitrogen and oxygen atoms in total. The van der Waals surface area contributed by atoms with Crippen LogP contribution in [0.3, 0.4) is 0 Å². The second-order valence-corrected chi connectivity index (χ2v) is 22.7. The quantitative estimate of drug-likeness (QED) is 0.119. The largest absolute Gasteiger partial charge is 0.507 e. The summed E-state index contributed by atoms with van der Waals surface area (Å²) in [6.45, 7) is 32.1. The number of ether oxygens (including phenoxy) is 2. The molecule has 320 valence electrons. The molecular formula is C46H70O10S. The molecule has 4 N–H and O–H groups in total. The Balaban J connectivity index is 2.32. The Morgan fingerprint density at radius 2 is 0.877 bits per heavy atom. The lowest BCUT2D eigenvalue weighted by atomic mass is 9.76. The number of hydrogen-bond acceptors (Lipinski definition) is 9. The van der Waals surface area contributed by atoms with E-state index < -0.39 is 58.0 Å². The third kappa shape index (κ3) is 14.9. The first kappa shape index (κ1) is 49.4. The predicted octanol–water partition coefficient (Wildman–Crippen LogP) is 9.63. The van der Waals surface area contributed by atoms with E-state index in [1.165, 1.54) is 0 Å². The molecule has 57 heavy (non-hydrogen) atoms. The predicted molar refractivity (Wildman–Crippen MR) is 228 cm³/mol. The van der Waals surface area contributed by atoms with Gasteiger partial charge in [0.25, 0.3) is 0 Å². The van der Waals surface area contributed by atoms with Gasteiger partial charge in [0.05, 0.1) is 26.1 Å². The summed E-state index contributed by atoms with van der Waals surface area (Å²) in [6.07, 6.45) is -0.290. The number of rotatable bonds is 16. The number of phenols is 2. The van der Waals surface area contributed by atoms with Gasteiger partial charge in [-0.15, -0.1) is 11.8 Å². The molecule has 11 heteroatoms. The molecule has 0 aliphatic heterocycles. The average Bonchev–Trinajstić information content (AvgIpc) is 3.00. The van der Waals surface area contributed by atoms with Gasteiger partial charge in [-0.05, 0) is 67.9 Å². The van der Waals surface area contributed by atoms with E-state index >= 15 is 0 Å². The minimum atomic E-state index is -1.51. The van der Waals surface area contributed by atoms with Crippen molar-refractivity contribution in [2.45, 2.75) is 169 Å². The van der Waals surface area contributed by atoms with Crippen molar-refractivity contribution in [2.75, 3.05) is 13.2 Å². The third-order valence-electron chi connectivity index (χ3n) is 9.74. The van der Waals surface area contributed by atoms with Crippen LogP contribution >= 0.6 is 11.8 Å². The number of hydrogen-bond donors (Lipinski definition) is 4. The summed E-state index contributed by atoms with van der Waals surface area (Å²) in [5, 5.41) is 38.7. The van der Waals surface area contributed by atoms with Gasteiger partial charge in [-0.25, -0.2) is 0 Å². The minimum Gasteiger partial charge on any atom is -0.507 e. The Morgan fingerprint density at radius 3 is 1.18 bits per heavy atom. The van der Waals surface area contributed by atoms with Gasteiger partial charge in [-0.1, -0.05) is 135 Å². The van der Waals surface area contributed by atoms with Crippen LogP contribution in [0.2, 0.25) is 0 Å². The summed E-state index contributed by atoms with van der Waals surface area (Å²) in [7, 11) is 0. The highest BCUT2D eigenvalue weighted by molar-refractivity contribution is 8.01. The molecule has 0 fully saturated rings. The van der Waals surface area contributed by atoms with Gasteiger partial charge in [-0.3, -0.25) is 19.2 Å². The molecule has 0 saturated heterocycles. The van der Waals surface area contributed by atoms with Gasteiger partial charge in [0.2, 0.25) is 0 Å². The summed E-state index contributed by atoms with van der Waals surface area (Å²) >= 11 is 0.566. The van der Waals surface area contributed by atoms with Gasteiger partial charge >= 0.3 is 23.9 Å². The van der Waals surface area contributed by atoms with Crippen LogP contribution in [0.4, 0.5) is 0 Å². The lowest BCUT2D eigenvalue weighted by molar-refractivity contribution is -0.152. The monoisotopic (exact) mass is 814 g/mol. The van der Waals surface area contributed by atoms with Crippen LogP contribution in [0.25, 0.3) is 0 Å². The highest BCUT2D eigenvalue weighted by atomic mass is 32.2. The van der Waals surface area contributed by atoms with E-state index in [2.05, 4.69) is 0 Å². The molecule has 0 spiro atoms. The highest BCUT2D eigenvalue weighted by Gasteiger charge is 2.36. The second kappa shape index (κ2) is 18.0. The lowest BCUT2D eigenvalue weighted by Gasteiger charge is -2.31. The molecule has 0 amide bonds. The molecular weight excluding hydrogens is 745 g/mol. The summed E-state index contributed by atoms with van der Waals surface area (Å²) < 4.78 is 11.5. The topological polar surface area (TPSA) is 168 Å². The van der Waals surface area contributed by atoms with Gasteiger partial charge < -0.3 is 29.9 Å². The number of benzene rings is 2. The van der Waals surface area contributed by atoms with Crippen molar-refractivity contribution < 1.29 is 49.1 Å². The molecule has 2 rings (SSSR count). The van der Waals surface area contributed by atoms with Crippen LogP contribution < -0.4 is 0 Å². The number of aromatic hydroxyl groups is 2. The molecule has 2 aromatic rings. The lowest BCUT2D eigenvalue weighted by Crippen LogP contribution is -2.34. The zero-order valence-corrected chi connectivity index (χ0v) is 38.2. The van der Waals surface area contributed by atoms with Crippen LogP contribution in [0, 0.1) is 10.8 Å². The molecule has 0 aliphatic carbocycles. The summed E-state index contributed by atoms with van der Waals surface area (Å²) in [5.41, 5.74) is 2.69. The molecule has 2 unspecified atom stereocenters. The van der Waals surface area contributed by atoms with E-state index in [0.717, 1.165) is 33.4 Å². The number of phenolic OH excluding ortho intramolecular Hbond substituents is 2. The van der Waals surface area contributed by atoms with Crippen LogP contribution in [0.5, 0.6) is 11.5 Å². The van der Waals surface area contributed by atoms with Gasteiger partial charge in [0.1, 0.15) is 22.0 Å². The van der Waals surface area contributed by atoms with E-state index in [9.17, 15) is 39.6 Å². The normalized spacial score (nSPS) is 14.2. The van der Waals surface area contributed by atoms with Gasteiger partial charge in [-0.2, -0.15) is 0 Å². The maximum absolute atomic E-state index is 13.7. The number of carbonyl (C=O) groups excluding carboxylic acids is 2. The second-order valence-electron chi connectivity index (χ2n) is 21.3. The zero-order valence-electron chi connectivity index (χ0n) is 37.4. The van der Waals surface area contributed by atoms with Crippen molar-refractivity contribution >= 4 is 35.6 Å². The maximum atomic E-state index is 13.7. The van der Waals surface area contributed by atoms with Crippen molar-refractivity contribution in [3.63, 3.8) is 0 Å². The zero-order chi connectivity index (χ0) is 44.3. The van der Waals surface area contributed by atoms with Crippen molar-refractivity contribution in [2.24, 2.45) is 10.8 Å². The van der Waals surface area contributed by atoms with Crippen LogP contribution in [-0.2, 0) is 63.2 Å². The van der Waals surface area contributed by atoms with E-state index in [4.69, 9.17) is 9.47 Å². The Morgan fingerprint density at radius 1 is 0.544 bits per heavy atom. The van der Waals surface area contributed by atoms with E-state index in [1.807, 2.05) is 135 Å². The molecule has 0 bridgehead atoms. The molecule has 2 atom stereocenters. The Kier molecular flexibility index (Phi) is 15.6. The molecule has 0 aromatic heterocycles. The Bertz CT molecular complexity index is 1710. The summed E-state index contributed by atoms with van der Waals surface area (Å²) in [6, 6.07) is 7.92. The molecule has 0 heterocycles. The molecule has 2 aromatic carbocycles. The van der Waals surface area contributed by atoms with Crippen LogP contribution in [-0.4, -0.2) is 68.0 Å². The van der Waals surface area contributed by atoms with E-state index in [1.54, 1.807) is 0 Å². The maximum Gasteiger partial charge on any atom is 0.319 e. The Hall–Kier alpha value is -3.73. The summed E-state index contributed by atoms with van der Waals surface area (Å²) in [5.74, 6) is -3.84. The number of thioether (sulfide) groups is 1. The number of carboxylic acid groups (broad SMARTS) is 2. The first-order chi connectivity index (χ1) is 25.5. The van der Waals surface area contributed by atoms with Gasteiger partial charge in [0.15, 0.2) is 0 Å². The first-order valence-corrected chi connectivity index (χ1v) is 20.6. The van der Waals surface area contributed by atoms with E-state index in [-0.39, 0.29) is 46.4 Å². The fraction of sp³-hybridized carbons (Fsp3) is 0.652. The van der Waals surface area contributed by atoms with Crippen LogP contribution in [0.15, 0.2) is 24.3 Å². The van der Waals surface area contributed by atoms with E-state index in [0.29, 0.717) is 24.6 Å². The summed E-state index contributed by atoms with van der Waals surface area (Å²) in [4.78, 5) is 50.7. The number of esters is 2. The van der Waals surface area contributed by atoms with Crippen LogP contribution in [0.1, 0.15) is 157 Å². The fourth-order valence-electron chi connectivity index (χ4n) is 6.67. The third-order valence-corrected chi connectivity index (χ3v) is 11.1. The average molecular weight is 815 g/mol. The molecule has 0 saturated carbocycles. The standard InChI is InChI=1S/C46H70O10S/c1-41(2,3)29-17-27(18-30(37(29)50)42(4,5)6)23-45(13,14)25-55-36(49)22-34(57-33(39(52)53)21-35(47)48)40(54)56-26-46(15,16)24-28-19-31(43(7,8)9)38(51)32(20-28)44(10,11)12/h17-20,33-34,50-51H,21-26H2,1-16H3,(H,47,48)(H,52,53). The van der Waals surface area contributed by atoms with Crippen molar-refractivity contribution in [1.29, 1.82) is 0 Å². The molecule has 0 aliphatic rings. The molecule has 0 radical (unpaired) electrons. The number of carbonyl (C=O) groups is 4. The Labute approximate surface area is 345 Å². The highest BCUT2D eigenvalue weighted by Crippen LogP contribution is 2.42. The fourth-order valence-corrected chi connectivity index (χ4v) is 7.83. The van der Waals surface area contributed by atoms with Crippen molar-refractivity contribution in [3.8, 4) is 11.5 Å². The SMILES string of the molecule is CC(C)(COC(=O)CC(SC(CC(=O)O)C(=O)O)C(=O)OCC(C)(C)Cc1cc(C(C)(C)C)c(O)c(C(C)(C)C)c1)Cc1cc(C(C)(C)C)c(O)c(C(C)(C)C)c1. The first-order valence-electron chi connectivity index (χ1n) is 19.7.